The van der Waals surface area contributed by atoms with Crippen LogP contribution < -0.4 is 21.0 Å². The van der Waals surface area contributed by atoms with Gasteiger partial charge in [0, 0.05) is 78.8 Å². The van der Waals surface area contributed by atoms with Gasteiger partial charge in [0.1, 0.15) is 0 Å². The molecule has 11 nitrogen and oxygen atoms in total. The molecule has 0 amide bonds. The molecule has 1 atom stereocenters. The van der Waals surface area contributed by atoms with Crippen molar-refractivity contribution in [2.45, 2.75) is 123 Å². The molecule has 1 rings (SSSR count). The lowest BCUT2D eigenvalue weighted by molar-refractivity contribution is 0.0701. The Morgan fingerprint density at radius 2 is 1.06 bits per heavy atom. The van der Waals surface area contributed by atoms with E-state index in [1.54, 1.807) is 26.5 Å². The van der Waals surface area contributed by atoms with E-state index in [0.717, 1.165) is 50.5 Å². The minimum absolute atomic E-state index is 0.0278. The van der Waals surface area contributed by atoms with Crippen molar-refractivity contribution < 1.29 is 39.8 Å². The lowest BCUT2D eigenvalue weighted by Gasteiger charge is -2.34. The number of aryl methyl sites for hydroxylation is 1. The van der Waals surface area contributed by atoms with Crippen LogP contribution in [0.1, 0.15) is 78.0 Å². The maximum Gasteiger partial charge on any atom is 0.507 e. The number of nitrogens with one attached hydrogen (secondary N) is 2. The van der Waals surface area contributed by atoms with Crippen molar-refractivity contribution in [2.24, 2.45) is 0 Å². The zero-order chi connectivity index (χ0) is 39.9. The van der Waals surface area contributed by atoms with Crippen LogP contribution in [-0.4, -0.2) is 133 Å². The summed E-state index contributed by atoms with van der Waals surface area (Å²) in [5.41, 5.74) is 2.82. The first-order valence-electron chi connectivity index (χ1n) is 19.8. The quantitative estimate of drug-likeness (QED) is 0.0559. The predicted molar refractivity (Wildman–Crippen MR) is 230 cm³/mol. The molecule has 0 saturated heterocycles. The first-order valence-corrected chi connectivity index (χ1v) is 31.8. The molecule has 0 aliphatic rings. The summed E-state index contributed by atoms with van der Waals surface area (Å²) < 4.78 is 55.0. The van der Waals surface area contributed by atoms with Crippen LogP contribution in [0.3, 0.4) is 0 Å². The molecule has 0 heterocycles. The fraction of sp³-hybridized carbons (Fsp3) is 0.833. The lowest BCUT2D eigenvalue weighted by atomic mass is 10.0. The Bertz CT molecular complexity index is 1030. The molecule has 17 heteroatoms. The molecular formula is C36H76N2O9Si6. The summed E-state index contributed by atoms with van der Waals surface area (Å²) in [4.78, 5) is 0. The molecule has 0 aromatic heterocycles. The molecule has 0 aliphatic heterocycles. The average molecular weight is 850 g/mol. The van der Waals surface area contributed by atoms with Gasteiger partial charge in [0.15, 0.2) is 0 Å². The fourth-order valence-electron chi connectivity index (χ4n) is 6.96. The highest BCUT2D eigenvalue weighted by Gasteiger charge is 2.47. The summed E-state index contributed by atoms with van der Waals surface area (Å²) in [5.74, 6) is 0.155. The van der Waals surface area contributed by atoms with Gasteiger partial charge in [0.2, 0.25) is 0 Å². The van der Waals surface area contributed by atoms with Crippen molar-refractivity contribution in [1.82, 2.24) is 10.6 Å². The van der Waals surface area contributed by atoms with Crippen molar-refractivity contribution >= 4 is 63.9 Å². The normalized spacial score (nSPS) is 13.6. The van der Waals surface area contributed by atoms with Crippen LogP contribution in [0.15, 0.2) is 12.1 Å². The van der Waals surface area contributed by atoms with Crippen LogP contribution in [0.5, 0.6) is 0 Å². The van der Waals surface area contributed by atoms with E-state index >= 15 is 0 Å². The van der Waals surface area contributed by atoms with Gasteiger partial charge < -0.3 is 50.5 Å². The molecule has 4 radical (unpaired) electrons. The minimum Gasteiger partial charge on any atom is -0.376 e. The second kappa shape index (κ2) is 27.7. The average Bonchev–Trinajstić information content (AvgIpc) is 3.12. The smallest absolute Gasteiger partial charge is 0.376 e. The van der Waals surface area contributed by atoms with Crippen molar-refractivity contribution in [3.8, 4) is 0 Å². The van der Waals surface area contributed by atoms with Crippen molar-refractivity contribution in [3.63, 3.8) is 0 Å². The maximum atomic E-state index is 6.13. The van der Waals surface area contributed by atoms with Crippen molar-refractivity contribution in [2.75, 3.05) is 74.1 Å². The molecule has 2 N–H and O–H groups in total. The molecule has 0 spiro atoms. The maximum absolute atomic E-state index is 6.13. The Hall–Kier alpha value is 0.0813. The molecule has 53 heavy (non-hydrogen) atoms. The Labute approximate surface area is 333 Å². The summed E-state index contributed by atoms with van der Waals surface area (Å²) in [6, 6.07) is 7.41. The SMILES string of the molecule is CCO[Si](CCCNC(NCCC[Si](OCC)(OCC)OCC)[Si]CCc1ccc([Si](C)C)c([Si](C)C)c1C(C)[Si](OC)(OC)OC)(OCC)OCC. The zero-order valence-electron chi connectivity index (χ0n) is 35.9. The van der Waals surface area contributed by atoms with Crippen LogP contribution in [0.4, 0.5) is 0 Å². The predicted octanol–water partition coefficient (Wildman–Crippen LogP) is 5.14. The second-order valence-electron chi connectivity index (χ2n) is 13.2. The van der Waals surface area contributed by atoms with Crippen LogP contribution in [0, 0.1) is 0 Å². The van der Waals surface area contributed by atoms with Gasteiger partial charge in [0.05, 0.1) is 32.7 Å². The third-order valence-corrected chi connectivity index (χ3v) is 23.1. The van der Waals surface area contributed by atoms with Gasteiger partial charge in [-0.05, 0) is 85.0 Å². The topological polar surface area (TPSA) is 107 Å². The highest BCUT2D eigenvalue weighted by atomic mass is 28.4. The van der Waals surface area contributed by atoms with Gasteiger partial charge in [-0.15, -0.1) is 0 Å². The molecular weight excluding hydrogens is 773 g/mol. The van der Waals surface area contributed by atoms with E-state index in [1.807, 2.05) is 41.5 Å². The van der Waals surface area contributed by atoms with E-state index < -0.39 is 44.0 Å². The monoisotopic (exact) mass is 848 g/mol. The number of benzene rings is 1. The lowest BCUT2D eigenvalue weighted by Crippen LogP contribution is -2.54. The van der Waals surface area contributed by atoms with Gasteiger partial charge in [0.25, 0.3) is 0 Å². The Balaban J connectivity index is 3.32. The van der Waals surface area contributed by atoms with Crippen molar-refractivity contribution in [3.05, 3.63) is 23.3 Å². The van der Waals surface area contributed by atoms with Gasteiger partial charge in [-0.25, -0.2) is 0 Å². The fourth-order valence-corrected chi connectivity index (χ4v) is 19.9. The molecule has 1 aromatic carbocycles. The number of hydrogen-bond acceptors (Lipinski definition) is 11. The largest absolute Gasteiger partial charge is 0.507 e. The summed E-state index contributed by atoms with van der Waals surface area (Å²) in [6.07, 6.45) is 2.79. The van der Waals surface area contributed by atoms with Crippen LogP contribution >= 0.6 is 0 Å². The Morgan fingerprint density at radius 3 is 1.40 bits per heavy atom. The minimum atomic E-state index is -2.95. The van der Waals surface area contributed by atoms with E-state index in [2.05, 4.69) is 55.9 Å². The van der Waals surface area contributed by atoms with Gasteiger partial charge in [-0.2, -0.15) is 0 Å². The summed E-state index contributed by atoms with van der Waals surface area (Å²) >= 11 is 0. The van der Waals surface area contributed by atoms with Crippen LogP contribution in [-0.2, 0) is 46.3 Å². The van der Waals surface area contributed by atoms with Crippen LogP contribution in [0.25, 0.3) is 0 Å². The molecule has 0 saturated carbocycles. The molecule has 0 fully saturated rings. The van der Waals surface area contributed by atoms with Gasteiger partial charge >= 0.3 is 26.4 Å². The molecule has 0 aliphatic carbocycles. The molecule has 1 aromatic rings. The molecule has 0 bridgehead atoms. The Morgan fingerprint density at radius 1 is 0.642 bits per heavy atom. The highest BCUT2D eigenvalue weighted by molar-refractivity contribution is 6.82. The Kier molecular flexibility index (Phi) is 26.7. The molecule has 1 unspecified atom stereocenters. The van der Waals surface area contributed by atoms with Gasteiger partial charge in [-0.1, -0.05) is 61.7 Å². The summed E-state index contributed by atoms with van der Waals surface area (Å²) in [5, 5.41) is 10.8. The van der Waals surface area contributed by atoms with E-state index in [-0.39, 0.29) is 11.3 Å². The summed E-state index contributed by atoms with van der Waals surface area (Å²) in [7, 11) is -3.96. The van der Waals surface area contributed by atoms with Gasteiger partial charge in [-0.3, -0.25) is 0 Å². The zero-order valence-corrected chi connectivity index (χ0v) is 41.9. The summed E-state index contributed by atoms with van der Waals surface area (Å²) in [6.45, 7) is 29.1. The standard InChI is InChI=1S/C36H76N2O9Si6/c1-15-42-51(43-16-2,44-17-3)29-21-26-37-36(38-27-22-30-52(45-18-4,46-19-5)47-20-6)48-28-25-32-23-24-33(49(11)12)35(50(13)14)34(32)31(7)53(39-8,40-9)41-10/h23-24,31,36-38H,15-22,25-30H2,1-14H3. The van der Waals surface area contributed by atoms with E-state index in [4.69, 9.17) is 39.8 Å². The van der Waals surface area contributed by atoms with Crippen molar-refractivity contribution in [1.29, 1.82) is 0 Å². The van der Waals surface area contributed by atoms with E-state index in [1.165, 1.54) is 16.3 Å². The van der Waals surface area contributed by atoms with E-state index in [9.17, 15) is 0 Å². The highest BCUT2D eigenvalue weighted by Crippen LogP contribution is 2.31. The first kappa shape index (κ1) is 51.1. The number of rotatable bonds is 33. The van der Waals surface area contributed by atoms with Crippen LogP contribution in [0.2, 0.25) is 44.3 Å². The second-order valence-corrected chi connectivity index (χ2v) is 28.5. The third-order valence-electron chi connectivity index (χ3n) is 9.14. The third kappa shape index (κ3) is 16.1. The number of hydrogen-bond donors (Lipinski definition) is 2. The van der Waals surface area contributed by atoms with E-state index in [0.29, 0.717) is 49.2 Å². The first-order chi connectivity index (χ1) is 25.4. The molecule has 308 valence electrons.